The van der Waals surface area contributed by atoms with E-state index in [1.807, 2.05) is 37.3 Å². The summed E-state index contributed by atoms with van der Waals surface area (Å²) in [6.45, 7) is 1.82. The van der Waals surface area contributed by atoms with Crippen molar-refractivity contribution in [2.75, 3.05) is 5.32 Å². The Morgan fingerprint density at radius 2 is 1.96 bits per heavy atom. The van der Waals surface area contributed by atoms with Crippen LogP contribution < -0.4 is 5.32 Å². The summed E-state index contributed by atoms with van der Waals surface area (Å²) in [6.07, 6.45) is 0. The fraction of sp³-hybridized carbons (Fsp3) is 0.0588. The number of nitro benzene ring substituents is 1. The molecule has 0 bridgehead atoms. The average molecular weight is 374 g/mol. The lowest BCUT2D eigenvalue weighted by Gasteiger charge is -2.06. The quantitative estimate of drug-likeness (QED) is 0.518. The van der Waals surface area contributed by atoms with E-state index in [1.54, 1.807) is 0 Å². The molecule has 0 fully saturated rings. The molecular weight excluding hydrogens is 362 g/mol. The van der Waals surface area contributed by atoms with Crippen LogP contribution in [0.3, 0.4) is 0 Å². The van der Waals surface area contributed by atoms with Gasteiger partial charge in [-0.05, 0) is 19.1 Å². The predicted octanol–water partition coefficient (Wildman–Crippen LogP) is 4.93. The van der Waals surface area contributed by atoms with Crippen LogP contribution in [0.15, 0.2) is 48.5 Å². The van der Waals surface area contributed by atoms with Crippen molar-refractivity contribution in [3.05, 3.63) is 73.6 Å². The summed E-state index contributed by atoms with van der Waals surface area (Å²) in [4.78, 5) is 27.9. The number of anilines is 1. The molecule has 3 rings (SSSR count). The fourth-order valence-corrected chi connectivity index (χ4v) is 3.31. The van der Waals surface area contributed by atoms with Crippen LogP contribution in [0.5, 0.6) is 0 Å². The first-order valence-corrected chi connectivity index (χ1v) is 8.43. The first-order chi connectivity index (χ1) is 12.0. The molecule has 3 aromatic rings. The summed E-state index contributed by atoms with van der Waals surface area (Å²) in [6, 6.07) is 13.5. The van der Waals surface area contributed by atoms with Crippen molar-refractivity contribution < 1.29 is 9.72 Å². The van der Waals surface area contributed by atoms with Gasteiger partial charge in [0.25, 0.3) is 11.6 Å². The Morgan fingerprint density at radius 1 is 1.24 bits per heavy atom. The molecule has 1 aromatic heterocycles. The molecule has 8 heteroatoms. The molecule has 25 heavy (non-hydrogen) atoms. The molecule has 0 atom stereocenters. The SMILES string of the molecule is Cc1nc(-c2ccccc2)c(C(=O)Nc2ccc(Cl)c([N+](=O)[O-])c2)s1. The lowest BCUT2D eigenvalue weighted by atomic mass is 10.1. The number of nitro groups is 1. The minimum atomic E-state index is -0.593. The van der Waals surface area contributed by atoms with E-state index in [4.69, 9.17) is 11.6 Å². The van der Waals surface area contributed by atoms with Crippen LogP contribution in [0.25, 0.3) is 11.3 Å². The topological polar surface area (TPSA) is 85.1 Å². The van der Waals surface area contributed by atoms with Crippen LogP contribution in [0.1, 0.15) is 14.7 Å². The third-order valence-corrected chi connectivity index (χ3v) is 4.68. The predicted molar refractivity (Wildman–Crippen MR) is 98.3 cm³/mol. The molecule has 0 aliphatic rings. The maximum atomic E-state index is 12.6. The molecule has 0 saturated carbocycles. The van der Waals surface area contributed by atoms with Gasteiger partial charge in [0.15, 0.2) is 0 Å². The van der Waals surface area contributed by atoms with Crippen molar-refractivity contribution in [2.24, 2.45) is 0 Å². The first-order valence-electron chi connectivity index (χ1n) is 7.24. The van der Waals surface area contributed by atoms with Crippen molar-refractivity contribution >= 4 is 40.2 Å². The zero-order valence-corrected chi connectivity index (χ0v) is 14.6. The number of amides is 1. The van der Waals surface area contributed by atoms with E-state index < -0.39 is 4.92 Å². The van der Waals surface area contributed by atoms with Gasteiger partial charge in [0.2, 0.25) is 0 Å². The monoisotopic (exact) mass is 373 g/mol. The number of nitrogens with zero attached hydrogens (tertiary/aromatic N) is 2. The van der Waals surface area contributed by atoms with E-state index in [2.05, 4.69) is 10.3 Å². The average Bonchev–Trinajstić information content (AvgIpc) is 2.99. The molecule has 1 heterocycles. The van der Waals surface area contributed by atoms with Crippen molar-refractivity contribution in [1.82, 2.24) is 4.98 Å². The lowest BCUT2D eigenvalue weighted by Crippen LogP contribution is -2.11. The van der Waals surface area contributed by atoms with Crippen LogP contribution in [0.4, 0.5) is 11.4 Å². The van der Waals surface area contributed by atoms with E-state index in [9.17, 15) is 14.9 Å². The number of hydrogen-bond acceptors (Lipinski definition) is 5. The van der Waals surface area contributed by atoms with Crippen molar-refractivity contribution in [2.45, 2.75) is 6.92 Å². The van der Waals surface area contributed by atoms with Gasteiger partial charge in [-0.3, -0.25) is 14.9 Å². The number of benzene rings is 2. The second kappa shape index (κ2) is 7.00. The Bertz CT molecular complexity index is 957. The van der Waals surface area contributed by atoms with Crippen LogP contribution in [-0.2, 0) is 0 Å². The molecule has 1 amide bonds. The number of aromatic nitrogens is 1. The largest absolute Gasteiger partial charge is 0.321 e. The maximum Gasteiger partial charge on any atom is 0.289 e. The van der Waals surface area contributed by atoms with Gasteiger partial charge in [-0.25, -0.2) is 4.98 Å². The van der Waals surface area contributed by atoms with Crippen LogP contribution in [-0.4, -0.2) is 15.8 Å². The highest BCUT2D eigenvalue weighted by Gasteiger charge is 2.20. The highest BCUT2D eigenvalue weighted by molar-refractivity contribution is 7.14. The van der Waals surface area contributed by atoms with Crippen LogP contribution >= 0.6 is 22.9 Å². The van der Waals surface area contributed by atoms with Gasteiger partial charge >= 0.3 is 0 Å². The van der Waals surface area contributed by atoms with E-state index in [0.29, 0.717) is 16.3 Å². The molecule has 2 aromatic carbocycles. The van der Waals surface area contributed by atoms with Crippen LogP contribution in [0.2, 0.25) is 5.02 Å². The van der Waals surface area contributed by atoms with Crippen molar-refractivity contribution in [3.63, 3.8) is 0 Å². The normalized spacial score (nSPS) is 10.5. The summed E-state index contributed by atoms with van der Waals surface area (Å²) in [5.41, 5.74) is 1.46. The Balaban J connectivity index is 1.93. The molecule has 0 radical (unpaired) electrons. The summed E-state index contributed by atoms with van der Waals surface area (Å²) in [5.74, 6) is -0.374. The van der Waals surface area contributed by atoms with Gasteiger partial charge < -0.3 is 5.32 Å². The lowest BCUT2D eigenvalue weighted by molar-refractivity contribution is -0.384. The molecule has 0 aliphatic heterocycles. The molecule has 0 unspecified atom stereocenters. The Labute approximate surface area is 152 Å². The van der Waals surface area contributed by atoms with E-state index in [0.717, 1.165) is 10.6 Å². The van der Waals surface area contributed by atoms with Crippen LogP contribution in [0, 0.1) is 17.0 Å². The smallest absolute Gasteiger partial charge is 0.289 e. The van der Waals surface area contributed by atoms with E-state index >= 15 is 0 Å². The summed E-state index contributed by atoms with van der Waals surface area (Å²) in [5, 5.41) is 14.4. The fourth-order valence-electron chi connectivity index (χ4n) is 2.29. The highest BCUT2D eigenvalue weighted by atomic mass is 35.5. The summed E-state index contributed by atoms with van der Waals surface area (Å²) < 4.78 is 0. The Kier molecular flexibility index (Phi) is 4.78. The van der Waals surface area contributed by atoms with E-state index in [1.165, 1.54) is 29.5 Å². The molecule has 0 spiro atoms. The molecule has 0 aliphatic carbocycles. The zero-order chi connectivity index (χ0) is 18.0. The first kappa shape index (κ1) is 17.1. The van der Waals surface area contributed by atoms with Gasteiger partial charge in [0, 0.05) is 17.3 Å². The number of nitrogens with one attached hydrogen (secondary N) is 1. The molecule has 1 N–H and O–H groups in total. The van der Waals surface area contributed by atoms with Gasteiger partial charge in [0.05, 0.1) is 15.6 Å². The number of carbonyl (C=O) groups excluding carboxylic acids is 1. The second-order valence-corrected chi connectivity index (χ2v) is 6.76. The summed E-state index contributed by atoms with van der Waals surface area (Å²) >= 11 is 7.06. The zero-order valence-electron chi connectivity index (χ0n) is 13.0. The Morgan fingerprint density at radius 3 is 2.64 bits per heavy atom. The standard InChI is InChI=1S/C17H12ClN3O3S/c1-10-19-15(11-5-3-2-4-6-11)16(25-10)17(22)20-12-7-8-13(18)14(9-12)21(23)24/h2-9H,1H3,(H,20,22). The number of hydrogen-bond donors (Lipinski definition) is 1. The maximum absolute atomic E-state index is 12.6. The minimum Gasteiger partial charge on any atom is -0.321 e. The number of thiazole rings is 1. The van der Waals surface area contributed by atoms with Gasteiger partial charge in [-0.2, -0.15) is 0 Å². The highest BCUT2D eigenvalue weighted by Crippen LogP contribution is 2.30. The molecule has 126 valence electrons. The molecular formula is C17H12ClN3O3S. The van der Waals surface area contributed by atoms with Gasteiger partial charge in [0.1, 0.15) is 9.90 Å². The third-order valence-electron chi connectivity index (χ3n) is 3.39. The van der Waals surface area contributed by atoms with Crippen molar-refractivity contribution in [1.29, 1.82) is 0 Å². The Hall–Kier alpha value is -2.77. The second-order valence-electron chi connectivity index (χ2n) is 5.15. The number of carbonyl (C=O) groups is 1. The van der Waals surface area contributed by atoms with E-state index in [-0.39, 0.29) is 16.6 Å². The van der Waals surface area contributed by atoms with Crippen molar-refractivity contribution in [3.8, 4) is 11.3 Å². The number of rotatable bonds is 4. The number of aryl methyl sites for hydroxylation is 1. The number of halogens is 1. The summed E-state index contributed by atoms with van der Waals surface area (Å²) in [7, 11) is 0. The minimum absolute atomic E-state index is 0.0154. The molecule has 0 saturated heterocycles. The van der Waals surface area contributed by atoms with Gasteiger partial charge in [-0.1, -0.05) is 41.9 Å². The third kappa shape index (κ3) is 3.67. The van der Waals surface area contributed by atoms with Gasteiger partial charge in [-0.15, -0.1) is 11.3 Å². The molecule has 6 nitrogen and oxygen atoms in total.